The summed E-state index contributed by atoms with van der Waals surface area (Å²) in [5.74, 6) is 0.900. The van der Waals surface area contributed by atoms with Gasteiger partial charge in [-0.25, -0.2) is 0 Å². The second-order valence-electron chi connectivity index (χ2n) is 6.76. The van der Waals surface area contributed by atoms with Crippen LogP contribution in [-0.2, 0) is 12.0 Å². The molecule has 0 unspecified atom stereocenters. The number of nitrogens with one attached hydrogen (secondary N) is 1. The van der Waals surface area contributed by atoms with Gasteiger partial charge < -0.3 is 22.6 Å². The van der Waals surface area contributed by atoms with Crippen molar-refractivity contribution in [3.8, 4) is 5.75 Å². The highest BCUT2D eigenvalue weighted by Gasteiger charge is 2.43. The summed E-state index contributed by atoms with van der Waals surface area (Å²) in [5, 5.41) is 4.45. The first kappa shape index (κ1) is 20.0. The average molecular weight is 372 g/mol. The maximum absolute atomic E-state index is 5.46. The van der Waals surface area contributed by atoms with Crippen molar-refractivity contribution in [1.29, 1.82) is 0 Å². The number of hydrazone groups is 1. The van der Waals surface area contributed by atoms with Crippen LogP contribution in [0.5, 0.6) is 5.75 Å². The van der Waals surface area contributed by atoms with Gasteiger partial charge in [-0.1, -0.05) is 30.3 Å². The van der Waals surface area contributed by atoms with Crippen molar-refractivity contribution in [2.45, 2.75) is 32.7 Å². The minimum Gasteiger partial charge on any atom is -1.00 e. The molecule has 0 fully saturated rings. The second-order valence-corrected chi connectivity index (χ2v) is 6.76. The van der Waals surface area contributed by atoms with Crippen molar-refractivity contribution in [1.82, 2.24) is 5.43 Å². The molecule has 0 saturated heterocycles. The highest BCUT2D eigenvalue weighted by Crippen LogP contribution is 2.37. The number of fused-ring (bicyclic) bond motifs is 1. The van der Waals surface area contributed by atoms with Gasteiger partial charge in [0.05, 0.1) is 18.6 Å². The monoisotopic (exact) mass is 371 g/mol. The summed E-state index contributed by atoms with van der Waals surface area (Å²) in [6, 6.07) is 16.6. The van der Waals surface area contributed by atoms with E-state index in [1.54, 1.807) is 0 Å². The van der Waals surface area contributed by atoms with Gasteiger partial charge in [0.25, 0.3) is 0 Å². The molecular formula is C21H26ClN3O. The number of rotatable bonds is 6. The molecule has 0 radical (unpaired) electrons. The van der Waals surface area contributed by atoms with Crippen LogP contribution in [0.3, 0.4) is 0 Å². The Morgan fingerprint density at radius 1 is 1.12 bits per heavy atom. The van der Waals surface area contributed by atoms with Gasteiger partial charge >= 0.3 is 0 Å². The van der Waals surface area contributed by atoms with Gasteiger partial charge in [-0.2, -0.15) is 9.68 Å². The van der Waals surface area contributed by atoms with Gasteiger partial charge in [-0.3, -0.25) is 0 Å². The molecule has 1 aliphatic heterocycles. The zero-order chi connectivity index (χ0) is 17.9. The molecule has 0 aliphatic carbocycles. The van der Waals surface area contributed by atoms with Crippen LogP contribution in [0.25, 0.3) is 0 Å². The summed E-state index contributed by atoms with van der Waals surface area (Å²) in [4.78, 5) is 0. The van der Waals surface area contributed by atoms with Gasteiger partial charge in [0.2, 0.25) is 11.4 Å². The first-order chi connectivity index (χ1) is 12.0. The summed E-state index contributed by atoms with van der Waals surface area (Å²) in [6.07, 6.45) is 1.94. The molecule has 2 aromatic carbocycles. The lowest BCUT2D eigenvalue weighted by Crippen LogP contribution is -3.00. The van der Waals surface area contributed by atoms with E-state index in [4.69, 9.17) is 4.74 Å². The molecule has 3 rings (SSSR count). The van der Waals surface area contributed by atoms with E-state index in [0.717, 1.165) is 5.75 Å². The zero-order valence-corrected chi connectivity index (χ0v) is 16.5. The lowest BCUT2D eigenvalue weighted by molar-refractivity contribution is -0.400. The van der Waals surface area contributed by atoms with Gasteiger partial charge in [0.15, 0.2) is 0 Å². The van der Waals surface area contributed by atoms with E-state index in [1.807, 2.05) is 25.3 Å². The Kier molecular flexibility index (Phi) is 6.43. The Morgan fingerprint density at radius 3 is 2.46 bits per heavy atom. The van der Waals surface area contributed by atoms with Crippen molar-refractivity contribution in [3.63, 3.8) is 0 Å². The molecule has 0 amide bonds. The zero-order valence-electron chi connectivity index (χ0n) is 15.8. The molecule has 0 saturated carbocycles. The van der Waals surface area contributed by atoms with E-state index < -0.39 is 0 Å². The number of halogens is 1. The predicted octanol–water partition coefficient (Wildman–Crippen LogP) is 0.871. The molecule has 0 atom stereocenters. The van der Waals surface area contributed by atoms with Crippen molar-refractivity contribution >= 4 is 17.6 Å². The minimum absolute atomic E-state index is 0. The molecule has 26 heavy (non-hydrogen) atoms. The summed E-state index contributed by atoms with van der Waals surface area (Å²) >= 11 is 0. The number of hydrogen-bond acceptors (Lipinski definition) is 3. The molecule has 0 aromatic heterocycles. The van der Waals surface area contributed by atoms with Crippen LogP contribution >= 0.6 is 0 Å². The number of nitrogens with zero attached hydrogens (tertiary/aromatic N) is 2. The van der Waals surface area contributed by atoms with Crippen LogP contribution in [0.1, 0.15) is 31.9 Å². The summed E-state index contributed by atoms with van der Waals surface area (Å²) < 4.78 is 7.68. The molecule has 0 bridgehead atoms. The van der Waals surface area contributed by atoms with E-state index in [-0.39, 0.29) is 17.8 Å². The van der Waals surface area contributed by atoms with Crippen LogP contribution in [0.4, 0.5) is 5.69 Å². The van der Waals surface area contributed by atoms with Crippen molar-refractivity contribution in [3.05, 3.63) is 59.7 Å². The van der Waals surface area contributed by atoms with Crippen molar-refractivity contribution in [2.75, 3.05) is 13.7 Å². The molecule has 138 valence electrons. The lowest BCUT2D eigenvalue weighted by atomic mass is 9.82. The molecule has 5 heteroatoms. The molecule has 0 spiro atoms. The predicted molar refractivity (Wildman–Crippen MR) is 103 cm³/mol. The third-order valence-corrected chi connectivity index (χ3v) is 4.74. The fourth-order valence-electron chi connectivity index (χ4n) is 3.34. The van der Waals surface area contributed by atoms with E-state index in [9.17, 15) is 0 Å². The van der Waals surface area contributed by atoms with Crippen LogP contribution in [-0.4, -0.2) is 30.2 Å². The van der Waals surface area contributed by atoms with E-state index >= 15 is 0 Å². The first-order valence-electron chi connectivity index (χ1n) is 8.72. The Bertz CT molecular complexity index is 810. The van der Waals surface area contributed by atoms with Crippen LogP contribution in [0, 0.1) is 0 Å². The summed E-state index contributed by atoms with van der Waals surface area (Å²) in [5.41, 5.74) is 8.05. The number of ether oxygens (including phenoxy) is 1. The molecular weight excluding hydrogens is 346 g/mol. The SMILES string of the molecule is CCOc1ccc(CN/N=C/C2=[N+](C)c3ccccc3C2(C)C)cc1.[Cl-]. The quantitative estimate of drug-likeness (QED) is 0.465. The van der Waals surface area contributed by atoms with Crippen LogP contribution < -0.4 is 22.6 Å². The van der Waals surface area contributed by atoms with Gasteiger partial charge in [-0.05, 0) is 38.5 Å². The fourth-order valence-corrected chi connectivity index (χ4v) is 3.34. The second kappa shape index (κ2) is 8.37. The summed E-state index contributed by atoms with van der Waals surface area (Å²) in [7, 11) is 2.10. The largest absolute Gasteiger partial charge is 1.00 e. The van der Waals surface area contributed by atoms with E-state index in [0.29, 0.717) is 13.2 Å². The maximum Gasteiger partial charge on any atom is 0.212 e. The maximum atomic E-state index is 5.46. The Morgan fingerprint density at radius 2 is 1.81 bits per heavy atom. The Labute approximate surface area is 162 Å². The number of benzene rings is 2. The highest BCUT2D eigenvalue weighted by molar-refractivity contribution is 6.33. The summed E-state index contributed by atoms with van der Waals surface area (Å²) in [6.45, 7) is 7.84. The highest BCUT2D eigenvalue weighted by atomic mass is 35.5. The van der Waals surface area contributed by atoms with Gasteiger partial charge in [-0.15, -0.1) is 0 Å². The average Bonchev–Trinajstić information content (AvgIpc) is 2.81. The lowest BCUT2D eigenvalue weighted by Gasteiger charge is -2.14. The standard InChI is InChI=1S/C21H25N3O.ClH/c1-5-25-17-12-10-16(11-13-17)14-22-23-15-20-21(2,3)18-8-6-7-9-19(18)24(20)4;/h6-13,15H,5,14H2,1-4H3;1H. The third kappa shape index (κ3) is 3.91. The fraction of sp³-hybridized carbons (Fsp3) is 0.333. The third-order valence-electron chi connectivity index (χ3n) is 4.74. The van der Waals surface area contributed by atoms with Crippen LogP contribution in [0.2, 0.25) is 0 Å². The van der Waals surface area contributed by atoms with Crippen molar-refractivity contribution in [2.24, 2.45) is 5.10 Å². The Balaban J connectivity index is 0.00000243. The normalized spacial score (nSPS) is 14.9. The molecule has 4 nitrogen and oxygen atoms in total. The molecule has 2 aromatic rings. The Hall–Kier alpha value is -2.33. The molecule has 1 heterocycles. The van der Waals surface area contributed by atoms with E-state index in [1.165, 1.54) is 22.5 Å². The van der Waals surface area contributed by atoms with Gasteiger partial charge in [0, 0.05) is 11.6 Å². The molecule has 1 N–H and O–H groups in total. The van der Waals surface area contributed by atoms with Gasteiger partial charge in [0.1, 0.15) is 19.0 Å². The number of hydrogen-bond donors (Lipinski definition) is 1. The first-order valence-corrected chi connectivity index (χ1v) is 8.72. The smallest absolute Gasteiger partial charge is 0.212 e. The van der Waals surface area contributed by atoms with E-state index in [2.05, 4.69) is 72.4 Å². The number of para-hydroxylation sites is 1. The molecule has 1 aliphatic rings. The topological polar surface area (TPSA) is 36.6 Å². The van der Waals surface area contributed by atoms with Crippen LogP contribution in [0.15, 0.2) is 53.6 Å². The minimum atomic E-state index is -0.0460. The van der Waals surface area contributed by atoms with Crippen molar-refractivity contribution < 1.29 is 21.7 Å².